The van der Waals surface area contributed by atoms with Crippen molar-refractivity contribution in [3.63, 3.8) is 0 Å². The molecule has 0 radical (unpaired) electrons. The van der Waals surface area contributed by atoms with E-state index >= 15 is 0 Å². The number of piperidine rings is 1. The van der Waals surface area contributed by atoms with Gasteiger partial charge in [-0.05, 0) is 63.1 Å². The summed E-state index contributed by atoms with van der Waals surface area (Å²) in [6.07, 6.45) is 2.68. The largest absolute Gasteiger partial charge is 0.497 e. The van der Waals surface area contributed by atoms with E-state index in [1.807, 2.05) is 17.8 Å². The first-order valence-electron chi connectivity index (χ1n) is 10.7. The minimum absolute atomic E-state index is 0.502. The van der Waals surface area contributed by atoms with Crippen LogP contribution in [-0.2, 0) is 0 Å². The van der Waals surface area contributed by atoms with Gasteiger partial charge in [-0.3, -0.25) is 4.90 Å². The maximum absolute atomic E-state index is 5.45. The van der Waals surface area contributed by atoms with Gasteiger partial charge in [-0.2, -0.15) is 0 Å². The first-order valence-corrected chi connectivity index (χ1v) is 11.5. The average Bonchev–Trinajstić information content (AvgIpc) is 2.71. The molecule has 3 aliphatic heterocycles. The molecule has 0 atom stereocenters. The van der Waals surface area contributed by atoms with Gasteiger partial charge in [-0.1, -0.05) is 11.8 Å². The molecule has 0 aromatic heterocycles. The van der Waals surface area contributed by atoms with Gasteiger partial charge in [0.05, 0.1) is 18.5 Å². The number of anilines is 3. The normalized spacial score (nSPS) is 20.4. The smallest absolute Gasteiger partial charge is 0.120 e. The van der Waals surface area contributed by atoms with E-state index in [1.54, 1.807) is 7.11 Å². The molecule has 0 amide bonds. The maximum atomic E-state index is 5.45. The third kappa shape index (κ3) is 3.28. The molecule has 1 spiro atoms. The third-order valence-electron chi connectivity index (χ3n) is 6.89. The Kier molecular flexibility index (Phi) is 4.71. The van der Waals surface area contributed by atoms with Crippen LogP contribution in [0.3, 0.4) is 0 Å². The molecule has 0 aliphatic carbocycles. The topological polar surface area (TPSA) is 19.0 Å². The van der Waals surface area contributed by atoms with Crippen LogP contribution in [0.1, 0.15) is 26.7 Å². The Morgan fingerprint density at radius 1 is 1.00 bits per heavy atom. The molecule has 154 valence electrons. The zero-order valence-electron chi connectivity index (χ0n) is 17.9. The fraction of sp³-hybridized carbons (Fsp3) is 0.500. The fourth-order valence-electron chi connectivity index (χ4n) is 5.15. The molecule has 3 aliphatic rings. The number of hydrogen-bond donors (Lipinski definition) is 0. The molecular formula is C24H31N3OS. The van der Waals surface area contributed by atoms with Crippen LogP contribution >= 0.6 is 11.8 Å². The molecule has 0 bridgehead atoms. The molecule has 3 heterocycles. The predicted molar refractivity (Wildman–Crippen MR) is 122 cm³/mol. The summed E-state index contributed by atoms with van der Waals surface area (Å²) >= 11 is 1.86. The van der Waals surface area contributed by atoms with Crippen LogP contribution in [0.25, 0.3) is 0 Å². The second-order valence-corrected chi connectivity index (χ2v) is 10.3. The lowest BCUT2D eigenvalue weighted by atomic mass is 9.72. The third-order valence-corrected chi connectivity index (χ3v) is 7.98. The molecule has 2 aromatic rings. The van der Waals surface area contributed by atoms with Crippen molar-refractivity contribution >= 4 is 28.8 Å². The summed E-state index contributed by atoms with van der Waals surface area (Å²) in [5, 5.41) is 0. The van der Waals surface area contributed by atoms with E-state index in [9.17, 15) is 0 Å². The zero-order chi connectivity index (χ0) is 20.2. The van der Waals surface area contributed by atoms with Crippen LogP contribution in [0.4, 0.5) is 17.1 Å². The summed E-state index contributed by atoms with van der Waals surface area (Å²) < 4.78 is 5.45. The summed E-state index contributed by atoms with van der Waals surface area (Å²) in [4.78, 5) is 10.1. The number of hydrogen-bond acceptors (Lipinski definition) is 5. The molecular weight excluding hydrogens is 378 g/mol. The molecule has 0 N–H and O–H groups in total. The number of fused-ring (bicyclic) bond motifs is 2. The van der Waals surface area contributed by atoms with Gasteiger partial charge >= 0.3 is 0 Å². The lowest BCUT2D eigenvalue weighted by Gasteiger charge is -2.56. The van der Waals surface area contributed by atoms with E-state index in [1.165, 1.54) is 65.9 Å². The van der Waals surface area contributed by atoms with Gasteiger partial charge in [0.2, 0.25) is 0 Å². The van der Waals surface area contributed by atoms with Crippen molar-refractivity contribution in [2.24, 2.45) is 5.41 Å². The molecule has 0 saturated carbocycles. The number of likely N-dealkylation sites (tertiary alicyclic amines) is 1. The summed E-state index contributed by atoms with van der Waals surface area (Å²) in [6, 6.07) is 14.0. The van der Waals surface area contributed by atoms with Crippen LogP contribution in [0.5, 0.6) is 5.75 Å². The highest BCUT2D eigenvalue weighted by Crippen LogP contribution is 2.50. The Hall–Kier alpha value is -1.85. The van der Waals surface area contributed by atoms with E-state index in [4.69, 9.17) is 4.74 Å². The first kappa shape index (κ1) is 19.1. The molecule has 29 heavy (non-hydrogen) atoms. The van der Waals surface area contributed by atoms with Crippen LogP contribution < -0.4 is 14.5 Å². The number of nitrogens with zero attached hydrogens (tertiary/aromatic N) is 3. The minimum atomic E-state index is 0.502. The Bertz CT molecular complexity index is 922. The summed E-state index contributed by atoms with van der Waals surface area (Å²) in [7, 11) is 3.90. The van der Waals surface area contributed by atoms with Gasteiger partial charge < -0.3 is 14.5 Å². The van der Waals surface area contributed by atoms with Crippen molar-refractivity contribution in [2.75, 3.05) is 50.1 Å². The zero-order valence-corrected chi connectivity index (χ0v) is 18.8. The molecule has 2 saturated heterocycles. The Labute approximate surface area is 178 Å². The molecule has 2 fully saturated rings. The van der Waals surface area contributed by atoms with E-state index in [0.717, 1.165) is 5.75 Å². The number of ether oxygens (including phenoxy) is 1. The number of rotatable bonds is 3. The van der Waals surface area contributed by atoms with E-state index in [-0.39, 0.29) is 0 Å². The van der Waals surface area contributed by atoms with Crippen LogP contribution in [0, 0.1) is 5.41 Å². The molecule has 2 aromatic carbocycles. The molecule has 5 rings (SSSR count). The molecule has 5 heteroatoms. The highest BCUT2D eigenvalue weighted by atomic mass is 32.2. The van der Waals surface area contributed by atoms with Crippen molar-refractivity contribution in [2.45, 2.75) is 42.5 Å². The number of methoxy groups -OCH3 is 1. The fourth-order valence-corrected chi connectivity index (χ4v) is 6.36. The second-order valence-electron chi connectivity index (χ2n) is 9.17. The Morgan fingerprint density at radius 2 is 1.72 bits per heavy atom. The SMILES string of the molecule is COc1ccc2c(c1)Sc1cc(N3CCCC4(C3)CN(C(C)C)C4)ccc1N2C. The van der Waals surface area contributed by atoms with Crippen molar-refractivity contribution in [1.29, 1.82) is 0 Å². The monoisotopic (exact) mass is 409 g/mol. The second kappa shape index (κ2) is 7.13. The quantitative estimate of drug-likeness (QED) is 0.688. The van der Waals surface area contributed by atoms with Crippen LogP contribution in [0.2, 0.25) is 0 Å². The predicted octanol–water partition coefficient (Wildman–Crippen LogP) is 5.24. The van der Waals surface area contributed by atoms with E-state index < -0.39 is 0 Å². The van der Waals surface area contributed by atoms with Crippen molar-refractivity contribution < 1.29 is 4.74 Å². The van der Waals surface area contributed by atoms with Gasteiger partial charge in [-0.15, -0.1) is 0 Å². The molecule has 0 unspecified atom stereocenters. The van der Waals surface area contributed by atoms with Crippen molar-refractivity contribution in [3.8, 4) is 5.75 Å². The molecule has 4 nitrogen and oxygen atoms in total. The summed E-state index contributed by atoms with van der Waals surface area (Å²) in [6.45, 7) is 9.52. The summed E-state index contributed by atoms with van der Waals surface area (Å²) in [5.41, 5.74) is 4.41. The van der Waals surface area contributed by atoms with E-state index in [2.05, 4.69) is 65.9 Å². The van der Waals surface area contributed by atoms with Gasteiger partial charge in [0.1, 0.15) is 5.75 Å². The highest BCUT2D eigenvalue weighted by Gasteiger charge is 2.46. The Balaban J connectivity index is 1.39. The van der Waals surface area contributed by atoms with Gasteiger partial charge in [0, 0.05) is 60.2 Å². The maximum Gasteiger partial charge on any atom is 0.120 e. The van der Waals surface area contributed by atoms with E-state index in [0.29, 0.717) is 11.5 Å². The average molecular weight is 410 g/mol. The lowest BCUT2D eigenvalue weighted by molar-refractivity contribution is -0.0305. The van der Waals surface area contributed by atoms with Crippen molar-refractivity contribution in [3.05, 3.63) is 36.4 Å². The summed E-state index contributed by atoms with van der Waals surface area (Å²) in [5.74, 6) is 0.918. The number of benzene rings is 2. The van der Waals surface area contributed by atoms with Gasteiger partial charge in [0.15, 0.2) is 0 Å². The van der Waals surface area contributed by atoms with Crippen LogP contribution in [-0.4, -0.2) is 51.3 Å². The first-order chi connectivity index (χ1) is 14.0. The van der Waals surface area contributed by atoms with Crippen LogP contribution in [0.15, 0.2) is 46.2 Å². The highest BCUT2D eigenvalue weighted by molar-refractivity contribution is 7.99. The Morgan fingerprint density at radius 3 is 2.45 bits per heavy atom. The van der Waals surface area contributed by atoms with Crippen molar-refractivity contribution in [1.82, 2.24) is 4.90 Å². The standard InChI is InChI=1S/C24H31N3OS/c1-17(2)27-15-24(16-27)10-5-11-26(14-24)18-6-8-20-22(12-18)29-23-13-19(28-4)7-9-21(23)25(20)3/h6-9,12-13,17H,5,10-11,14-16H2,1-4H3. The van der Waals surface area contributed by atoms with Gasteiger partial charge in [-0.25, -0.2) is 0 Å². The lowest BCUT2D eigenvalue weighted by Crippen LogP contribution is -2.64. The minimum Gasteiger partial charge on any atom is -0.497 e. The van der Waals surface area contributed by atoms with Gasteiger partial charge in [0.25, 0.3) is 0 Å².